The first-order valence-electron chi connectivity index (χ1n) is 5.22. The van der Waals surface area contributed by atoms with Crippen LogP contribution in [0.3, 0.4) is 0 Å². The van der Waals surface area contributed by atoms with E-state index in [0.717, 1.165) is 0 Å². The van der Waals surface area contributed by atoms with Gasteiger partial charge in [0.05, 0.1) is 12.7 Å². The molecule has 0 aliphatic carbocycles. The summed E-state index contributed by atoms with van der Waals surface area (Å²) in [7, 11) is 6.95. The molecule has 0 aromatic carbocycles. The molecule has 0 radical (unpaired) electrons. The van der Waals surface area contributed by atoms with Gasteiger partial charge in [-0.05, 0) is 28.2 Å². The molecule has 0 aromatic rings. The molecule has 0 aliphatic heterocycles. The summed E-state index contributed by atoms with van der Waals surface area (Å²) in [6.45, 7) is -0.306. The second-order valence-electron chi connectivity index (χ2n) is 4.71. The van der Waals surface area contributed by atoms with Gasteiger partial charge in [-0.3, -0.25) is 0 Å². The van der Waals surface area contributed by atoms with Gasteiger partial charge in [0.15, 0.2) is 0 Å². The van der Waals surface area contributed by atoms with Crippen molar-refractivity contribution < 1.29 is 20.4 Å². The van der Waals surface area contributed by atoms with Crippen LogP contribution >= 0.6 is 0 Å². The van der Waals surface area contributed by atoms with E-state index in [9.17, 15) is 15.3 Å². The molecule has 6 heteroatoms. The SMILES string of the molecule is CN(C)C[C@@H](O)[C@](O)(CN(C)C)[C@@H](O)CO. The molecular formula is C10H24N2O4. The molecule has 0 aromatic heterocycles. The smallest absolute Gasteiger partial charge is 0.132 e. The van der Waals surface area contributed by atoms with Gasteiger partial charge in [-0.15, -0.1) is 0 Å². The highest BCUT2D eigenvalue weighted by Gasteiger charge is 2.42. The predicted molar refractivity (Wildman–Crippen MR) is 61.2 cm³/mol. The molecule has 3 atom stereocenters. The summed E-state index contributed by atoms with van der Waals surface area (Å²) in [5.74, 6) is 0. The van der Waals surface area contributed by atoms with E-state index < -0.39 is 24.4 Å². The van der Waals surface area contributed by atoms with Crippen molar-refractivity contribution in [3.05, 3.63) is 0 Å². The van der Waals surface area contributed by atoms with Crippen LogP contribution in [-0.4, -0.2) is 95.9 Å². The van der Waals surface area contributed by atoms with E-state index in [1.54, 1.807) is 38.0 Å². The predicted octanol–water partition coefficient (Wildman–Crippen LogP) is -2.45. The molecule has 98 valence electrons. The first-order chi connectivity index (χ1) is 7.24. The third-order valence-electron chi connectivity index (χ3n) is 2.43. The topological polar surface area (TPSA) is 87.4 Å². The van der Waals surface area contributed by atoms with E-state index in [2.05, 4.69) is 0 Å². The third kappa shape index (κ3) is 4.32. The summed E-state index contributed by atoms with van der Waals surface area (Å²) in [6.07, 6.45) is -2.50. The van der Waals surface area contributed by atoms with Crippen molar-refractivity contribution in [3.8, 4) is 0 Å². The fraction of sp³-hybridized carbons (Fsp3) is 1.00. The molecule has 0 saturated heterocycles. The average Bonchev–Trinajstić information content (AvgIpc) is 2.14. The first kappa shape index (κ1) is 15.8. The highest BCUT2D eigenvalue weighted by molar-refractivity contribution is 4.95. The second kappa shape index (κ2) is 6.48. The van der Waals surface area contributed by atoms with Gasteiger partial charge in [-0.2, -0.15) is 0 Å². The van der Waals surface area contributed by atoms with E-state index in [1.165, 1.54) is 0 Å². The Kier molecular flexibility index (Phi) is 6.39. The van der Waals surface area contributed by atoms with Crippen LogP contribution in [0.25, 0.3) is 0 Å². The minimum absolute atomic E-state index is 0.0731. The lowest BCUT2D eigenvalue weighted by molar-refractivity contribution is -0.167. The van der Waals surface area contributed by atoms with Crippen LogP contribution in [0.2, 0.25) is 0 Å². The number of hydrogen-bond donors (Lipinski definition) is 4. The van der Waals surface area contributed by atoms with Crippen molar-refractivity contribution in [2.75, 3.05) is 47.9 Å². The van der Waals surface area contributed by atoms with Crippen molar-refractivity contribution in [2.45, 2.75) is 17.8 Å². The number of hydrogen-bond acceptors (Lipinski definition) is 6. The largest absolute Gasteiger partial charge is 0.394 e. The molecule has 0 saturated carbocycles. The minimum Gasteiger partial charge on any atom is -0.394 e. The Morgan fingerprint density at radius 1 is 1.00 bits per heavy atom. The molecule has 6 nitrogen and oxygen atoms in total. The van der Waals surface area contributed by atoms with Gasteiger partial charge in [0.1, 0.15) is 11.7 Å². The van der Waals surface area contributed by atoms with Gasteiger partial charge in [0, 0.05) is 13.1 Å². The summed E-state index contributed by atoms with van der Waals surface area (Å²) in [4.78, 5) is 3.35. The molecule has 0 spiro atoms. The summed E-state index contributed by atoms with van der Waals surface area (Å²) in [5.41, 5.74) is -1.73. The van der Waals surface area contributed by atoms with Gasteiger partial charge in [0.25, 0.3) is 0 Å². The maximum absolute atomic E-state index is 10.2. The van der Waals surface area contributed by atoms with Gasteiger partial charge >= 0.3 is 0 Å². The lowest BCUT2D eigenvalue weighted by Crippen LogP contribution is -2.61. The quantitative estimate of drug-likeness (QED) is 0.393. The summed E-state index contributed by atoms with van der Waals surface area (Å²) in [5, 5.41) is 38.7. The third-order valence-corrected chi connectivity index (χ3v) is 2.43. The summed E-state index contributed by atoms with van der Waals surface area (Å²) < 4.78 is 0. The fourth-order valence-electron chi connectivity index (χ4n) is 1.60. The average molecular weight is 236 g/mol. The van der Waals surface area contributed by atoms with E-state index >= 15 is 0 Å². The van der Waals surface area contributed by atoms with Crippen LogP contribution in [0.4, 0.5) is 0 Å². The Hall–Kier alpha value is -0.240. The van der Waals surface area contributed by atoms with Gasteiger partial charge in [-0.1, -0.05) is 0 Å². The van der Waals surface area contributed by atoms with Gasteiger partial charge < -0.3 is 30.2 Å². The molecule has 0 bridgehead atoms. The molecule has 0 rings (SSSR count). The summed E-state index contributed by atoms with van der Waals surface area (Å²) >= 11 is 0. The number of aliphatic hydroxyl groups is 4. The Balaban J connectivity index is 4.76. The highest BCUT2D eigenvalue weighted by atomic mass is 16.4. The van der Waals surface area contributed by atoms with Crippen molar-refractivity contribution in [3.63, 3.8) is 0 Å². The second-order valence-corrected chi connectivity index (χ2v) is 4.71. The van der Waals surface area contributed by atoms with Crippen LogP contribution in [0.5, 0.6) is 0 Å². The van der Waals surface area contributed by atoms with Gasteiger partial charge in [0.2, 0.25) is 0 Å². The van der Waals surface area contributed by atoms with Crippen LogP contribution in [0.1, 0.15) is 0 Å². The van der Waals surface area contributed by atoms with Crippen LogP contribution in [0.15, 0.2) is 0 Å². The lowest BCUT2D eigenvalue weighted by atomic mass is 9.89. The van der Waals surface area contributed by atoms with Crippen molar-refractivity contribution in [1.82, 2.24) is 9.80 Å². The molecule has 0 unspecified atom stereocenters. The number of aliphatic hydroxyl groups excluding tert-OH is 3. The van der Waals surface area contributed by atoms with Crippen LogP contribution in [0, 0.1) is 0 Å². The minimum atomic E-state index is -1.73. The van der Waals surface area contributed by atoms with Crippen molar-refractivity contribution in [1.29, 1.82) is 0 Å². The fourth-order valence-corrected chi connectivity index (χ4v) is 1.60. The number of likely N-dealkylation sites (N-methyl/N-ethyl adjacent to an activating group) is 2. The van der Waals surface area contributed by atoms with E-state index in [1.807, 2.05) is 0 Å². The normalized spacial score (nSPS) is 19.9. The van der Waals surface area contributed by atoms with E-state index in [4.69, 9.17) is 5.11 Å². The Bertz CT molecular complexity index is 201. The zero-order valence-corrected chi connectivity index (χ0v) is 10.5. The highest BCUT2D eigenvalue weighted by Crippen LogP contribution is 2.18. The van der Waals surface area contributed by atoms with E-state index in [0.29, 0.717) is 0 Å². The monoisotopic (exact) mass is 236 g/mol. The number of rotatable bonds is 7. The Morgan fingerprint density at radius 2 is 1.50 bits per heavy atom. The zero-order chi connectivity index (χ0) is 12.9. The standard InChI is InChI=1S/C10H24N2O4/c1-11(2)5-8(14)10(16,7-12(3)4)9(15)6-13/h8-9,13-16H,5-7H2,1-4H3/t8-,9+,10-/m1/s1. The summed E-state index contributed by atoms with van der Waals surface area (Å²) in [6, 6.07) is 0. The Labute approximate surface area is 96.7 Å². The van der Waals surface area contributed by atoms with Gasteiger partial charge in [-0.25, -0.2) is 0 Å². The molecule has 0 heterocycles. The molecule has 0 amide bonds. The molecule has 4 N–H and O–H groups in total. The number of nitrogens with zero attached hydrogens (tertiary/aromatic N) is 2. The molecule has 0 aliphatic rings. The molecular weight excluding hydrogens is 212 g/mol. The maximum Gasteiger partial charge on any atom is 0.132 e. The first-order valence-corrected chi connectivity index (χ1v) is 5.22. The van der Waals surface area contributed by atoms with Crippen LogP contribution in [-0.2, 0) is 0 Å². The van der Waals surface area contributed by atoms with E-state index in [-0.39, 0.29) is 13.1 Å². The van der Waals surface area contributed by atoms with Crippen LogP contribution < -0.4 is 0 Å². The Morgan fingerprint density at radius 3 is 1.81 bits per heavy atom. The maximum atomic E-state index is 10.2. The van der Waals surface area contributed by atoms with Crippen molar-refractivity contribution in [2.24, 2.45) is 0 Å². The zero-order valence-electron chi connectivity index (χ0n) is 10.5. The molecule has 16 heavy (non-hydrogen) atoms. The molecule has 0 fully saturated rings. The van der Waals surface area contributed by atoms with Crippen molar-refractivity contribution >= 4 is 0 Å². The lowest BCUT2D eigenvalue weighted by Gasteiger charge is -2.39.